The molecular weight excluding hydrogens is 428 g/mol. The third kappa shape index (κ3) is 4.49. The molecule has 1 aromatic carbocycles. The van der Waals surface area contributed by atoms with E-state index in [0.29, 0.717) is 52.3 Å². The van der Waals surface area contributed by atoms with Crippen molar-refractivity contribution in [3.63, 3.8) is 0 Å². The Kier molecular flexibility index (Phi) is 5.99. The number of rotatable bonds is 4. The van der Waals surface area contributed by atoms with Crippen LogP contribution in [0.15, 0.2) is 50.5 Å². The third-order valence-electron chi connectivity index (χ3n) is 5.35. The highest BCUT2D eigenvalue weighted by atomic mass is 16.4. The Hall–Kier alpha value is -4.34. The number of hydrazine groups is 1. The lowest BCUT2D eigenvalue weighted by Crippen LogP contribution is -2.41. The zero-order chi connectivity index (χ0) is 23.5. The SMILES string of the molecule is Cc1occc1C(=O)NNC(=O)c1oc2c(c1C)/C(=N/NC(=O)c1ccc(O)cc1)CCC2. The monoisotopic (exact) mass is 450 g/mol. The average Bonchev–Trinajstić information content (AvgIpc) is 3.39. The van der Waals surface area contributed by atoms with Crippen molar-refractivity contribution in [1.29, 1.82) is 0 Å². The summed E-state index contributed by atoms with van der Waals surface area (Å²) in [5.41, 5.74) is 9.70. The van der Waals surface area contributed by atoms with Crippen LogP contribution in [0.25, 0.3) is 0 Å². The van der Waals surface area contributed by atoms with Crippen LogP contribution in [0.5, 0.6) is 5.75 Å². The first-order chi connectivity index (χ1) is 15.8. The molecule has 10 nitrogen and oxygen atoms in total. The number of benzene rings is 1. The van der Waals surface area contributed by atoms with Crippen molar-refractivity contribution in [2.75, 3.05) is 0 Å². The summed E-state index contributed by atoms with van der Waals surface area (Å²) in [5.74, 6) is -0.396. The number of carbonyl (C=O) groups excluding carboxylic acids is 3. The van der Waals surface area contributed by atoms with Gasteiger partial charge in [-0.25, -0.2) is 5.43 Å². The van der Waals surface area contributed by atoms with Crippen molar-refractivity contribution >= 4 is 23.4 Å². The van der Waals surface area contributed by atoms with Crippen LogP contribution >= 0.6 is 0 Å². The van der Waals surface area contributed by atoms with Gasteiger partial charge in [-0.05, 0) is 57.0 Å². The molecule has 3 amide bonds. The molecule has 0 fully saturated rings. The van der Waals surface area contributed by atoms with Crippen LogP contribution in [0.1, 0.15) is 66.8 Å². The maximum Gasteiger partial charge on any atom is 0.305 e. The fourth-order valence-corrected chi connectivity index (χ4v) is 3.65. The zero-order valence-electron chi connectivity index (χ0n) is 18.0. The number of phenolic OH excluding ortho intramolecular Hbond substituents is 1. The number of hydrazone groups is 1. The van der Waals surface area contributed by atoms with Crippen LogP contribution in [0, 0.1) is 13.8 Å². The minimum atomic E-state index is -0.608. The molecule has 0 aliphatic heterocycles. The molecule has 4 N–H and O–H groups in total. The molecule has 2 aromatic heterocycles. The lowest BCUT2D eigenvalue weighted by molar-refractivity contribution is 0.0828. The Bertz CT molecular complexity index is 1250. The highest BCUT2D eigenvalue weighted by Gasteiger charge is 2.28. The molecule has 3 aromatic rings. The molecule has 33 heavy (non-hydrogen) atoms. The standard InChI is InChI=1S/C23H22N4O6/c1-12-19-17(24-25-21(29)14-6-8-15(28)9-7-14)4-3-5-18(19)33-20(12)23(31)27-26-22(30)16-10-11-32-13(16)2/h6-11,28H,3-5H2,1-2H3,(H,25,29)(H,26,30)(H,27,31)/b24-17+. The molecule has 1 aliphatic rings. The van der Waals surface area contributed by atoms with Gasteiger partial charge in [-0.2, -0.15) is 5.10 Å². The Morgan fingerprint density at radius 3 is 2.39 bits per heavy atom. The van der Waals surface area contributed by atoms with Gasteiger partial charge < -0.3 is 13.9 Å². The Balaban J connectivity index is 1.48. The van der Waals surface area contributed by atoms with E-state index in [2.05, 4.69) is 21.4 Å². The van der Waals surface area contributed by atoms with Crippen molar-refractivity contribution in [1.82, 2.24) is 16.3 Å². The van der Waals surface area contributed by atoms with Gasteiger partial charge in [-0.3, -0.25) is 25.2 Å². The minimum Gasteiger partial charge on any atom is -0.508 e. The second kappa shape index (κ2) is 9.03. The van der Waals surface area contributed by atoms with Crippen molar-refractivity contribution < 1.29 is 28.3 Å². The molecule has 0 radical (unpaired) electrons. The largest absolute Gasteiger partial charge is 0.508 e. The van der Waals surface area contributed by atoms with E-state index in [9.17, 15) is 19.5 Å². The fraction of sp³-hybridized carbons (Fsp3) is 0.217. The zero-order valence-corrected chi connectivity index (χ0v) is 18.0. The number of furan rings is 2. The molecule has 0 saturated carbocycles. The normalized spacial score (nSPS) is 13.9. The van der Waals surface area contributed by atoms with E-state index in [4.69, 9.17) is 8.83 Å². The van der Waals surface area contributed by atoms with E-state index in [0.717, 1.165) is 6.42 Å². The van der Waals surface area contributed by atoms with E-state index in [1.807, 2.05) is 0 Å². The summed E-state index contributed by atoms with van der Waals surface area (Å²) in [6.07, 6.45) is 3.35. The topological polar surface area (TPSA) is 146 Å². The first-order valence-electron chi connectivity index (χ1n) is 10.3. The quantitative estimate of drug-likeness (QED) is 0.450. The molecule has 0 unspecified atom stereocenters. The van der Waals surface area contributed by atoms with Gasteiger partial charge in [-0.15, -0.1) is 0 Å². The van der Waals surface area contributed by atoms with Crippen molar-refractivity contribution in [2.45, 2.75) is 33.1 Å². The summed E-state index contributed by atoms with van der Waals surface area (Å²) in [6, 6.07) is 7.31. The van der Waals surface area contributed by atoms with Gasteiger partial charge in [0.2, 0.25) is 0 Å². The summed E-state index contributed by atoms with van der Waals surface area (Å²) in [6.45, 7) is 3.37. The van der Waals surface area contributed by atoms with Crippen LogP contribution < -0.4 is 16.3 Å². The van der Waals surface area contributed by atoms with Gasteiger partial charge in [-0.1, -0.05) is 0 Å². The van der Waals surface area contributed by atoms with Crippen molar-refractivity contribution in [2.24, 2.45) is 5.10 Å². The molecular formula is C23H22N4O6. The van der Waals surface area contributed by atoms with Gasteiger partial charge in [0.1, 0.15) is 17.3 Å². The number of aromatic hydroxyl groups is 1. The number of phenols is 1. The molecule has 0 bridgehead atoms. The van der Waals surface area contributed by atoms with Crippen LogP contribution in [-0.4, -0.2) is 28.5 Å². The first-order valence-corrected chi connectivity index (χ1v) is 10.3. The van der Waals surface area contributed by atoms with Gasteiger partial charge in [0.15, 0.2) is 5.76 Å². The molecule has 0 spiro atoms. The predicted octanol–water partition coefficient (Wildman–Crippen LogP) is 2.74. The molecule has 4 rings (SSSR count). The summed E-state index contributed by atoms with van der Waals surface area (Å²) in [5, 5.41) is 13.6. The van der Waals surface area contributed by atoms with Gasteiger partial charge in [0, 0.05) is 23.1 Å². The average molecular weight is 450 g/mol. The summed E-state index contributed by atoms with van der Waals surface area (Å²) < 4.78 is 10.9. The van der Waals surface area contributed by atoms with E-state index in [-0.39, 0.29) is 11.5 Å². The number of amides is 3. The highest BCUT2D eigenvalue weighted by Crippen LogP contribution is 2.29. The van der Waals surface area contributed by atoms with E-state index >= 15 is 0 Å². The minimum absolute atomic E-state index is 0.0590. The number of nitrogens with zero attached hydrogens (tertiary/aromatic N) is 1. The number of nitrogens with one attached hydrogen (secondary N) is 3. The first kappa shape index (κ1) is 21.9. The fourth-order valence-electron chi connectivity index (χ4n) is 3.65. The maximum atomic E-state index is 12.7. The lowest BCUT2D eigenvalue weighted by atomic mass is 9.93. The van der Waals surface area contributed by atoms with Crippen LogP contribution in [-0.2, 0) is 6.42 Å². The van der Waals surface area contributed by atoms with Crippen LogP contribution in [0.3, 0.4) is 0 Å². The van der Waals surface area contributed by atoms with E-state index in [1.165, 1.54) is 36.6 Å². The molecule has 10 heteroatoms. The van der Waals surface area contributed by atoms with E-state index in [1.54, 1.807) is 13.8 Å². The van der Waals surface area contributed by atoms with Crippen LogP contribution in [0.2, 0.25) is 0 Å². The van der Waals surface area contributed by atoms with Crippen molar-refractivity contribution in [3.8, 4) is 5.75 Å². The van der Waals surface area contributed by atoms with Gasteiger partial charge in [0.05, 0.1) is 17.5 Å². The number of fused-ring (bicyclic) bond motifs is 1. The second-order valence-corrected chi connectivity index (χ2v) is 7.55. The lowest BCUT2D eigenvalue weighted by Gasteiger charge is -2.13. The smallest absolute Gasteiger partial charge is 0.305 e. The Morgan fingerprint density at radius 1 is 0.970 bits per heavy atom. The molecule has 0 atom stereocenters. The van der Waals surface area contributed by atoms with Crippen molar-refractivity contribution in [3.05, 3.63) is 76.1 Å². The summed E-state index contributed by atoms with van der Waals surface area (Å²) in [7, 11) is 0. The molecule has 2 heterocycles. The summed E-state index contributed by atoms with van der Waals surface area (Å²) in [4.78, 5) is 37.2. The number of carbonyl (C=O) groups is 3. The molecule has 0 saturated heterocycles. The predicted molar refractivity (Wildman–Crippen MR) is 117 cm³/mol. The molecule has 170 valence electrons. The second-order valence-electron chi connectivity index (χ2n) is 7.55. The number of hydrogen-bond acceptors (Lipinski definition) is 7. The van der Waals surface area contributed by atoms with Gasteiger partial charge >= 0.3 is 5.91 Å². The Labute approximate surface area is 188 Å². The highest BCUT2D eigenvalue weighted by molar-refractivity contribution is 6.07. The van der Waals surface area contributed by atoms with Gasteiger partial charge in [0.25, 0.3) is 11.8 Å². The number of hydrogen-bond donors (Lipinski definition) is 4. The maximum absolute atomic E-state index is 12.7. The number of aryl methyl sites for hydroxylation is 2. The Morgan fingerprint density at radius 2 is 1.70 bits per heavy atom. The summed E-state index contributed by atoms with van der Waals surface area (Å²) >= 11 is 0. The van der Waals surface area contributed by atoms with Crippen LogP contribution in [0.4, 0.5) is 0 Å². The third-order valence-corrected chi connectivity index (χ3v) is 5.35. The van der Waals surface area contributed by atoms with E-state index < -0.39 is 17.7 Å². The molecule has 1 aliphatic carbocycles.